The molecule has 0 unspecified atom stereocenters. The number of benzene rings is 1. The first-order valence-corrected chi connectivity index (χ1v) is 9.40. The van der Waals surface area contributed by atoms with Gasteiger partial charge in [0.15, 0.2) is 0 Å². The number of hydrogen-bond acceptors (Lipinski definition) is 6. The third kappa shape index (κ3) is 5.35. The molecule has 0 radical (unpaired) electrons. The second-order valence-electron chi connectivity index (χ2n) is 6.79. The number of rotatable bonds is 9. The van der Waals surface area contributed by atoms with E-state index in [2.05, 4.69) is 24.0 Å². The summed E-state index contributed by atoms with van der Waals surface area (Å²) in [6.07, 6.45) is 3.39. The molecule has 1 aliphatic heterocycles. The normalized spacial score (nSPS) is 16.3. The lowest BCUT2D eigenvalue weighted by atomic mass is 9.95. The van der Waals surface area contributed by atoms with E-state index in [0.29, 0.717) is 12.6 Å². The van der Waals surface area contributed by atoms with E-state index < -0.39 is 0 Å². The molecule has 0 aliphatic carbocycles. The van der Waals surface area contributed by atoms with E-state index in [1.165, 1.54) is 7.11 Å². The summed E-state index contributed by atoms with van der Waals surface area (Å²) in [5, 5.41) is 0. The van der Waals surface area contributed by atoms with Crippen molar-refractivity contribution in [3.8, 4) is 0 Å². The Morgan fingerprint density at radius 2 is 2.08 bits per heavy atom. The largest absolute Gasteiger partial charge is 0.469 e. The van der Waals surface area contributed by atoms with Gasteiger partial charge in [-0.05, 0) is 37.0 Å². The molecule has 1 aliphatic rings. The van der Waals surface area contributed by atoms with Gasteiger partial charge in [0.25, 0.3) is 0 Å². The van der Waals surface area contributed by atoms with Gasteiger partial charge in [-0.3, -0.25) is 4.79 Å². The number of nitrogen functional groups attached to an aromatic ring is 1. The van der Waals surface area contributed by atoms with Gasteiger partial charge in [-0.1, -0.05) is 13.0 Å². The van der Waals surface area contributed by atoms with Crippen molar-refractivity contribution in [2.24, 2.45) is 0 Å². The van der Waals surface area contributed by atoms with Gasteiger partial charge in [0.1, 0.15) is 0 Å². The average molecular weight is 364 g/mol. The van der Waals surface area contributed by atoms with Crippen LogP contribution in [0.15, 0.2) is 18.2 Å². The van der Waals surface area contributed by atoms with Gasteiger partial charge < -0.3 is 24.8 Å². The number of carbonyl (C=O) groups excluding carboxylic acids is 1. The highest BCUT2D eigenvalue weighted by molar-refractivity contribution is 5.72. The quantitative estimate of drug-likeness (QED) is 0.536. The minimum atomic E-state index is -0.246. The molecule has 146 valence electrons. The summed E-state index contributed by atoms with van der Waals surface area (Å²) < 4.78 is 15.6. The molecule has 0 amide bonds. The molecule has 0 aromatic heterocycles. The first-order chi connectivity index (χ1) is 12.6. The third-order valence-corrected chi connectivity index (χ3v) is 4.94. The van der Waals surface area contributed by atoms with Crippen LogP contribution in [0.1, 0.15) is 44.1 Å². The zero-order chi connectivity index (χ0) is 18.9. The van der Waals surface area contributed by atoms with Gasteiger partial charge in [0.05, 0.1) is 31.5 Å². The monoisotopic (exact) mass is 364 g/mol. The maximum absolute atomic E-state index is 11.7. The number of esters is 1. The zero-order valence-corrected chi connectivity index (χ0v) is 16.2. The SMILES string of the molecule is CCCN(c1ccc([C@@H](COC)CC(=O)OC)cc1N)C1CCOCC1. The minimum Gasteiger partial charge on any atom is -0.469 e. The predicted molar refractivity (Wildman–Crippen MR) is 104 cm³/mol. The molecule has 1 aromatic rings. The summed E-state index contributed by atoms with van der Waals surface area (Å²) in [4.78, 5) is 14.1. The maximum atomic E-state index is 11.7. The van der Waals surface area contributed by atoms with Gasteiger partial charge in [0.2, 0.25) is 0 Å². The van der Waals surface area contributed by atoms with Crippen LogP contribution in [0.3, 0.4) is 0 Å². The van der Waals surface area contributed by atoms with E-state index in [1.54, 1.807) is 7.11 Å². The molecule has 6 nitrogen and oxygen atoms in total. The lowest BCUT2D eigenvalue weighted by Crippen LogP contribution is -2.40. The van der Waals surface area contributed by atoms with Crippen molar-refractivity contribution in [3.63, 3.8) is 0 Å². The van der Waals surface area contributed by atoms with E-state index in [0.717, 1.165) is 56.0 Å². The number of carbonyl (C=O) groups is 1. The average Bonchev–Trinajstić information content (AvgIpc) is 2.66. The molecule has 0 bridgehead atoms. The van der Waals surface area contributed by atoms with Crippen molar-refractivity contribution in [3.05, 3.63) is 23.8 Å². The number of nitrogens with zero attached hydrogens (tertiary/aromatic N) is 1. The fraction of sp³-hybridized carbons (Fsp3) is 0.650. The molecule has 2 rings (SSSR count). The Balaban J connectivity index is 2.23. The number of hydrogen-bond donors (Lipinski definition) is 1. The molecule has 26 heavy (non-hydrogen) atoms. The number of ether oxygens (including phenoxy) is 3. The van der Waals surface area contributed by atoms with Crippen molar-refractivity contribution in [1.29, 1.82) is 0 Å². The highest BCUT2D eigenvalue weighted by atomic mass is 16.5. The Labute approximate surface area is 156 Å². The molecule has 0 spiro atoms. The summed E-state index contributed by atoms with van der Waals surface area (Å²) in [7, 11) is 3.04. The van der Waals surface area contributed by atoms with E-state index in [9.17, 15) is 4.79 Å². The Kier molecular flexibility index (Phi) is 8.19. The summed E-state index contributed by atoms with van der Waals surface area (Å²) in [6, 6.07) is 6.57. The lowest BCUT2D eigenvalue weighted by molar-refractivity contribution is -0.141. The van der Waals surface area contributed by atoms with Crippen LogP contribution in [0.2, 0.25) is 0 Å². The van der Waals surface area contributed by atoms with Crippen LogP contribution >= 0.6 is 0 Å². The first kappa shape index (κ1) is 20.5. The van der Waals surface area contributed by atoms with Crippen LogP contribution < -0.4 is 10.6 Å². The Morgan fingerprint density at radius 1 is 1.35 bits per heavy atom. The molecular formula is C20H32N2O4. The summed E-state index contributed by atoms with van der Waals surface area (Å²) in [5.74, 6) is -0.309. The molecule has 1 aromatic carbocycles. The van der Waals surface area contributed by atoms with Crippen LogP contribution in [0.4, 0.5) is 11.4 Å². The summed E-state index contributed by atoms with van der Waals surface area (Å²) in [5.41, 5.74) is 9.24. The molecule has 1 heterocycles. The predicted octanol–water partition coefficient (Wildman–Crippen LogP) is 2.96. The Hall–Kier alpha value is -1.79. The highest BCUT2D eigenvalue weighted by Gasteiger charge is 2.24. The standard InChI is InChI=1S/C20H32N2O4/c1-4-9-22(17-7-10-26-11-8-17)19-6-5-15(12-18(19)21)16(14-24-2)13-20(23)25-3/h5-6,12,16-17H,4,7-11,13-14,21H2,1-3H3/t16-/m1/s1. The smallest absolute Gasteiger partial charge is 0.306 e. The van der Waals surface area contributed by atoms with Crippen LogP contribution in [0.5, 0.6) is 0 Å². The fourth-order valence-corrected chi connectivity index (χ4v) is 3.58. The highest BCUT2D eigenvalue weighted by Crippen LogP contribution is 2.32. The van der Waals surface area contributed by atoms with E-state index in [1.807, 2.05) is 6.07 Å². The van der Waals surface area contributed by atoms with Gasteiger partial charge in [-0.25, -0.2) is 0 Å². The van der Waals surface area contributed by atoms with Gasteiger partial charge in [0, 0.05) is 38.8 Å². The molecule has 6 heteroatoms. The van der Waals surface area contributed by atoms with Crippen molar-refractivity contribution in [2.75, 3.05) is 51.2 Å². The van der Waals surface area contributed by atoms with Crippen molar-refractivity contribution in [2.45, 2.75) is 44.6 Å². The maximum Gasteiger partial charge on any atom is 0.306 e. The van der Waals surface area contributed by atoms with Crippen molar-refractivity contribution >= 4 is 17.3 Å². The third-order valence-electron chi connectivity index (χ3n) is 4.94. The topological polar surface area (TPSA) is 74.0 Å². The molecular weight excluding hydrogens is 332 g/mol. The van der Waals surface area contributed by atoms with Gasteiger partial charge >= 0.3 is 5.97 Å². The zero-order valence-electron chi connectivity index (χ0n) is 16.2. The molecule has 2 N–H and O–H groups in total. The van der Waals surface area contributed by atoms with Crippen LogP contribution in [0.25, 0.3) is 0 Å². The van der Waals surface area contributed by atoms with E-state index in [-0.39, 0.29) is 18.3 Å². The first-order valence-electron chi connectivity index (χ1n) is 9.40. The van der Waals surface area contributed by atoms with Crippen molar-refractivity contribution in [1.82, 2.24) is 0 Å². The molecule has 1 atom stereocenters. The van der Waals surface area contributed by atoms with E-state index in [4.69, 9.17) is 19.9 Å². The van der Waals surface area contributed by atoms with Crippen molar-refractivity contribution < 1.29 is 19.0 Å². The van der Waals surface area contributed by atoms with Gasteiger partial charge in [-0.2, -0.15) is 0 Å². The lowest BCUT2D eigenvalue weighted by Gasteiger charge is -2.37. The fourth-order valence-electron chi connectivity index (χ4n) is 3.58. The number of nitrogens with two attached hydrogens (primary N) is 1. The molecule has 1 saturated heterocycles. The Morgan fingerprint density at radius 3 is 2.65 bits per heavy atom. The number of anilines is 2. The van der Waals surface area contributed by atoms with E-state index >= 15 is 0 Å². The van der Waals surface area contributed by atoms with Crippen LogP contribution in [-0.4, -0.2) is 52.6 Å². The second kappa shape index (κ2) is 10.4. The number of methoxy groups -OCH3 is 2. The summed E-state index contributed by atoms with van der Waals surface area (Å²) in [6.45, 7) is 5.21. The molecule has 1 fully saturated rings. The van der Waals surface area contributed by atoms with Gasteiger partial charge in [-0.15, -0.1) is 0 Å². The molecule has 0 saturated carbocycles. The van der Waals surface area contributed by atoms with Crippen LogP contribution in [0, 0.1) is 0 Å². The minimum absolute atomic E-state index is 0.0634. The summed E-state index contributed by atoms with van der Waals surface area (Å²) >= 11 is 0. The van der Waals surface area contributed by atoms with Crippen LogP contribution in [-0.2, 0) is 19.0 Å². The Bertz CT molecular complexity index is 573. The second-order valence-corrected chi connectivity index (χ2v) is 6.79.